The number of anilines is 2. The van der Waals surface area contributed by atoms with Gasteiger partial charge >= 0.3 is 12.2 Å². The summed E-state index contributed by atoms with van der Waals surface area (Å²) in [5, 5.41) is 29.5. The summed E-state index contributed by atoms with van der Waals surface area (Å²) in [7, 11) is 0. The summed E-state index contributed by atoms with van der Waals surface area (Å²) in [4.78, 5) is 42.5. The number of halogens is 5. The van der Waals surface area contributed by atoms with Gasteiger partial charge in [-0.2, -0.15) is 23.1 Å². The van der Waals surface area contributed by atoms with E-state index in [9.17, 15) is 23.5 Å². The number of hydrogen-bond acceptors (Lipinski definition) is 14. The molecule has 4 fully saturated rings. The minimum Gasteiger partial charge on any atom is -0.486 e. The maximum atomic E-state index is 15.4. The van der Waals surface area contributed by atoms with Crippen molar-refractivity contribution in [2.45, 2.75) is 115 Å². The van der Waals surface area contributed by atoms with Gasteiger partial charge in [-0.1, -0.05) is 73.7 Å². The molecule has 1 aliphatic carbocycles. The fraction of sp³-hybridized carbons (Fsp3) is 0.426. The van der Waals surface area contributed by atoms with Crippen molar-refractivity contribution in [1.29, 1.82) is 0 Å². The minimum absolute atomic E-state index is 0.0685. The van der Waals surface area contributed by atoms with Crippen molar-refractivity contribution in [3.05, 3.63) is 125 Å². The fourth-order valence-electron chi connectivity index (χ4n) is 12.1. The number of piperazine rings is 1. The number of nitrogen functional groups attached to an aromatic ring is 1. The Balaban J connectivity index is 0.908. The lowest BCUT2D eigenvalue weighted by Crippen LogP contribution is -2.44. The van der Waals surface area contributed by atoms with Gasteiger partial charge in [0.2, 0.25) is 12.3 Å². The lowest BCUT2D eigenvalue weighted by molar-refractivity contribution is -0.137. The second-order valence-corrected chi connectivity index (χ2v) is 22.4. The molecule has 2 bridgehead atoms. The number of fused-ring (bicyclic) bond motifs is 3. The molecule has 1 saturated carbocycles. The molecule has 3 aliphatic heterocycles. The van der Waals surface area contributed by atoms with E-state index >= 15 is 13.2 Å². The number of pyridine rings is 1. The Labute approximate surface area is 476 Å². The largest absolute Gasteiger partial charge is 0.486 e. The monoisotopic (exact) mass is 1140 g/mol. The third-order valence-corrected chi connectivity index (χ3v) is 16.3. The number of nitrogens with two attached hydrogens (primary N) is 1. The van der Waals surface area contributed by atoms with Gasteiger partial charge in [0.15, 0.2) is 5.75 Å². The summed E-state index contributed by atoms with van der Waals surface area (Å²) >= 11 is 0. The number of aromatic nitrogens is 6. The molecule has 5 atom stereocenters. The zero-order valence-corrected chi connectivity index (χ0v) is 46.3. The SMILES string of the molecule is Cc1cc(N)nc(-c2c(C3CC3)cc3c(N4CC5CC4CN5)nc(OC4CCOCC4)nc3c2OCc2ccc(-c3cn(C(C(C)C)C(CCCNC=O)C(=O)NC(CO)c4ccc(-c5c(F)cccc5F)cc4)nn3)cc2)c1C(F)(F)F. The number of aliphatic hydroxyl groups is 1. The molecule has 17 nitrogen and oxygen atoms in total. The maximum Gasteiger partial charge on any atom is 0.418 e. The van der Waals surface area contributed by atoms with Crippen LogP contribution in [-0.4, -0.2) is 105 Å². The molecule has 3 saturated heterocycles. The Bertz CT molecular complexity index is 3460. The van der Waals surface area contributed by atoms with Crippen LogP contribution in [0, 0.1) is 30.4 Å². The fourth-order valence-corrected chi connectivity index (χ4v) is 12.1. The zero-order valence-electron chi connectivity index (χ0n) is 46.3. The molecule has 83 heavy (non-hydrogen) atoms. The molecule has 3 aromatic heterocycles. The van der Waals surface area contributed by atoms with Crippen molar-refractivity contribution >= 4 is 34.9 Å². The molecule has 22 heteroatoms. The number of amides is 2. The number of ether oxygens (including phenoxy) is 3. The van der Waals surface area contributed by atoms with E-state index in [1.807, 2.05) is 44.2 Å². The number of carbonyl (C=O) groups excluding carboxylic acids is 2. The van der Waals surface area contributed by atoms with Crippen LogP contribution in [0.2, 0.25) is 0 Å². The number of benzene rings is 4. The van der Waals surface area contributed by atoms with Gasteiger partial charge in [-0.3, -0.25) is 9.59 Å². The molecule has 0 radical (unpaired) electrons. The lowest BCUT2D eigenvalue weighted by Gasteiger charge is -2.31. The van der Waals surface area contributed by atoms with Crippen molar-refractivity contribution in [2.75, 3.05) is 50.1 Å². The number of carbonyl (C=O) groups is 2. The Kier molecular flexibility index (Phi) is 16.6. The second-order valence-electron chi connectivity index (χ2n) is 22.4. The lowest BCUT2D eigenvalue weighted by atomic mass is 9.85. The zero-order chi connectivity index (χ0) is 58.1. The molecule has 4 aliphatic rings. The third kappa shape index (κ3) is 12.2. The van der Waals surface area contributed by atoms with Crippen LogP contribution in [0.4, 0.5) is 33.6 Å². The van der Waals surface area contributed by atoms with E-state index in [0.717, 1.165) is 25.8 Å². The van der Waals surface area contributed by atoms with Crippen LogP contribution in [0.1, 0.15) is 105 Å². The van der Waals surface area contributed by atoms with Crippen molar-refractivity contribution in [1.82, 2.24) is 45.9 Å². The van der Waals surface area contributed by atoms with Gasteiger partial charge in [0.1, 0.15) is 47.2 Å². The summed E-state index contributed by atoms with van der Waals surface area (Å²) in [6.07, 6.45) is 1.72. The molecule has 11 rings (SSSR count). The molecule has 2 amide bonds. The van der Waals surface area contributed by atoms with E-state index in [4.69, 9.17) is 29.9 Å². The van der Waals surface area contributed by atoms with Crippen LogP contribution in [0.15, 0.2) is 85.1 Å². The Morgan fingerprint density at radius 2 is 1.70 bits per heavy atom. The Morgan fingerprint density at radius 3 is 2.35 bits per heavy atom. The summed E-state index contributed by atoms with van der Waals surface area (Å²) < 4.78 is 96.1. The van der Waals surface area contributed by atoms with Gasteiger partial charge in [-0.15, -0.1) is 5.10 Å². The first kappa shape index (κ1) is 57.0. The number of aryl methyl sites for hydroxylation is 1. The molecule has 7 aromatic rings. The summed E-state index contributed by atoms with van der Waals surface area (Å²) in [5.41, 5.74) is 8.57. The molecule has 5 unspecified atom stereocenters. The maximum absolute atomic E-state index is 15.4. The van der Waals surface area contributed by atoms with Crippen molar-refractivity contribution < 1.29 is 50.9 Å². The van der Waals surface area contributed by atoms with Crippen molar-refractivity contribution in [3.63, 3.8) is 0 Å². The molecule has 0 spiro atoms. The standard InChI is InChI=1S/C61H66F5N11O6/c1-33(2)56(43(6-5-21-68-32-79)59(80)70-49(30-78)38-15-17-39(18-16-38)51-46(62)7-4-8-47(51)63)77-29-48(74-75-77)37-11-9-35(10-12-37)31-82-57-52(55-53(61(64,65)66)34(3)24-50(67)71-55)44(36-13-14-36)26-45-54(57)72-60(83-42-19-22-81-23-20-42)73-58(45)76-28-40-25-41(76)27-69-40/h4,7-12,15-18,24,26,29,32-33,36,40-43,49,56,69,78H,5-6,13-14,19-23,25,27-28,30-31H2,1-3H3,(H2,67,71)(H,68,79)(H,70,80). The van der Waals surface area contributed by atoms with Gasteiger partial charge in [0, 0.05) is 61.1 Å². The summed E-state index contributed by atoms with van der Waals surface area (Å²) in [6.45, 7) is 7.49. The van der Waals surface area contributed by atoms with Crippen molar-refractivity contribution in [3.8, 4) is 45.4 Å². The van der Waals surface area contributed by atoms with Gasteiger partial charge < -0.3 is 45.9 Å². The average molecular weight is 1140 g/mol. The number of aliphatic hydroxyl groups excluding tert-OH is 1. The molecule has 436 valence electrons. The van der Waals surface area contributed by atoms with E-state index < -0.39 is 48.0 Å². The topological polar surface area (TPSA) is 217 Å². The predicted octanol–water partition coefficient (Wildman–Crippen LogP) is 9.56. The molecular weight excluding hydrogens is 1080 g/mol. The van der Waals surface area contributed by atoms with Crippen LogP contribution >= 0.6 is 0 Å². The highest BCUT2D eigenvalue weighted by Crippen LogP contribution is 2.54. The van der Waals surface area contributed by atoms with Crippen LogP contribution in [0.25, 0.3) is 44.5 Å². The first-order valence-electron chi connectivity index (χ1n) is 28.3. The quantitative estimate of drug-likeness (QED) is 0.0243. The number of nitrogens with one attached hydrogen (secondary N) is 3. The van der Waals surface area contributed by atoms with Gasteiger partial charge in [0.25, 0.3) is 0 Å². The molecule has 4 aromatic carbocycles. The summed E-state index contributed by atoms with van der Waals surface area (Å²) in [6, 6.07) is 19.5. The van der Waals surface area contributed by atoms with E-state index in [1.165, 1.54) is 43.3 Å². The number of nitrogens with zero attached hydrogens (tertiary/aromatic N) is 7. The smallest absolute Gasteiger partial charge is 0.418 e. The molecule has 6 heterocycles. The van der Waals surface area contributed by atoms with Crippen LogP contribution in [0.5, 0.6) is 11.8 Å². The number of hydrogen-bond donors (Lipinski definition) is 5. The van der Waals surface area contributed by atoms with E-state index in [-0.39, 0.29) is 82.5 Å². The number of rotatable bonds is 22. The van der Waals surface area contributed by atoms with Crippen LogP contribution in [-0.2, 0) is 27.1 Å². The third-order valence-electron chi connectivity index (χ3n) is 16.3. The average Bonchev–Trinajstić information content (AvgIpc) is 2.75. The highest BCUT2D eigenvalue weighted by Gasteiger charge is 2.43. The first-order valence-corrected chi connectivity index (χ1v) is 28.3. The highest BCUT2D eigenvalue weighted by molar-refractivity contribution is 6.01. The molecule has 6 N–H and O–H groups in total. The minimum atomic E-state index is -4.80. The van der Waals surface area contributed by atoms with Gasteiger partial charge in [0.05, 0.1) is 60.8 Å². The van der Waals surface area contributed by atoms with E-state index in [2.05, 4.69) is 36.1 Å². The Morgan fingerprint density at radius 1 is 0.964 bits per heavy atom. The van der Waals surface area contributed by atoms with Gasteiger partial charge in [-0.05, 0) is 103 Å². The van der Waals surface area contributed by atoms with Gasteiger partial charge in [-0.25, -0.2) is 18.4 Å². The second kappa shape index (κ2) is 24.2. The van der Waals surface area contributed by atoms with Crippen LogP contribution < -0.4 is 36.1 Å². The normalized spacial score (nSPS) is 18.4. The predicted molar refractivity (Wildman–Crippen MR) is 301 cm³/mol. The van der Waals surface area contributed by atoms with Crippen LogP contribution in [0.3, 0.4) is 0 Å². The van der Waals surface area contributed by atoms with E-state index in [0.29, 0.717) is 109 Å². The first-order chi connectivity index (χ1) is 40.1. The van der Waals surface area contributed by atoms with E-state index in [1.54, 1.807) is 23.0 Å². The highest BCUT2D eigenvalue weighted by atomic mass is 19.4. The van der Waals surface area contributed by atoms with Crippen molar-refractivity contribution in [2.24, 2.45) is 11.8 Å². The molecular formula is C61H66F5N11O6. The Hall–Kier alpha value is -7.82. The summed E-state index contributed by atoms with van der Waals surface area (Å²) in [5.74, 6) is -2.14. The number of alkyl halides is 3.